The van der Waals surface area contributed by atoms with Gasteiger partial charge in [0.1, 0.15) is 0 Å². The molecule has 0 saturated heterocycles. The second-order valence-electron chi connectivity index (χ2n) is 5.94. The Balaban J connectivity index is 1.46. The number of halogens is 1. The normalized spacial score (nSPS) is 18.6. The lowest BCUT2D eigenvalue weighted by molar-refractivity contribution is -0.122. The van der Waals surface area contributed by atoms with Crippen molar-refractivity contribution >= 4 is 40.5 Å². The number of hydrogen-bond donors (Lipinski definition) is 3. The fourth-order valence-corrected chi connectivity index (χ4v) is 2.97. The molecule has 0 radical (unpaired) electrons. The number of anilines is 1. The highest BCUT2D eigenvalue weighted by Crippen LogP contribution is 2.47. The second kappa shape index (κ2) is 7.20. The maximum absolute atomic E-state index is 12.2. The summed E-state index contributed by atoms with van der Waals surface area (Å²) < 4.78 is 0. The summed E-state index contributed by atoms with van der Waals surface area (Å²) in [5, 5.41) is 3.90. The van der Waals surface area contributed by atoms with Crippen molar-refractivity contribution in [2.75, 3.05) is 5.32 Å². The molecule has 0 aliphatic heterocycles. The monoisotopic (exact) mass is 359 g/mol. The van der Waals surface area contributed by atoms with Gasteiger partial charge in [0.25, 0.3) is 0 Å². The van der Waals surface area contributed by atoms with Crippen LogP contribution in [-0.2, 0) is 4.79 Å². The van der Waals surface area contributed by atoms with Gasteiger partial charge in [-0.15, -0.1) is 0 Å². The van der Waals surface area contributed by atoms with Crippen molar-refractivity contribution in [3.63, 3.8) is 0 Å². The molecule has 124 valence electrons. The highest BCUT2D eigenvalue weighted by Gasteiger charge is 2.43. The minimum Gasteiger partial charge on any atom is -0.331 e. The summed E-state index contributed by atoms with van der Waals surface area (Å²) in [5.41, 5.74) is 8.59. The molecule has 6 heteroatoms. The molecule has 2 atom stereocenters. The summed E-state index contributed by atoms with van der Waals surface area (Å²) in [7, 11) is 0. The van der Waals surface area contributed by atoms with Crippen LogP contribution in [0.25, 0.3) is 0 Å². The standard InChI is InChI=1S/C18H18ClN3OS/c1-11-5-7-12(8-6-11)15-10-16(15)17(23)21-22-18(24)20-14-4-2-3-13(19)9-14/h2-9,15-16H,10H2,1H3,(H,21,23)(H2,20,22,24)/t15-,16-/m0/s1. The van der Waals surface area contributed by atoms with E-state index in [1.165, 1.54) is 11.1 Å². The zero-order chi connectivity index (χ0) is 17.1. The summed E-state index contributed by atoms with van der Waals surface area (Å²) in [4.78, 5) is 12.2. The summed E-state index contributed by atoms with van der Waals surface area (Å²) in [6.45, 7) is 2.05. The predicted molar refractivity (Wildman–Crippen MR) is 101 cm³/mol. The molecule has 3 N–H and O–H groups in total. The van der Waals surface area contributed by atoms with Gasteiger partial charge in [0.15, 0.2) is 5.11 Å². The van der Waals surface area contributed by atoms with Gasteiger partial charge in [-0.25, -0.2) is 0 Å². The number of hydrogen-bond acceptors (Lipinski definition) is 2. The lowest BCUT2D eigenvalue weighted by atomic mass is 10.1. The van der Waals surface area contributed by atoms with Gasteiger partial charge < -0.3 is 5.32 Å². The Morgan fingerprint density at radius 1 is 1.17 bits per heavy atom. The van der Waals surface area contributed by atoms with E-state index in [1.54, 1.807) is 12.1 Å². The number of rotatable bonds is 3. The van der Waals surface area contributed by atoms with Crippen LogP contribution in [0.1, 0.15) is 23.5 Å². The molecule has 0 spiro atoms. The Hall–Kier alpha value is -2.11. The number of amides is 1. The molecule has 0 aromatic heterocycles. The Morgan fingerprint density at radius 3 is 2.62 bits per heavy atom. The van der Waals surface area contributed by atoms with E-state index >= 15 is 0 Å². The number of benzene rings is 2. The fourth-order valence-electron chi connectivity index (χ4n) is 2.61. The predicted octanol–water partition coefficient (Wildman–Crippen LogP) is 3.77. The first-order valence-electron chi connectivity index (χ1n) is 7.72. The molecule has 1 aliphatic carbocycles. The van der Waals surface area contributed by atoms with Crippen molar-refractivity contribution in [1.29, 1.82) is 0 Å². The average molecular weight is 360 g/mol. The third kappa shape index (κ3) is 4.24. The van der Waals surface area contributed by atoms with Crippen molar-refractivity contribution in [1.82, 2.24) is 10.9 Å². The number of carbonyl (C=O) groups excluding carboxylic acids is 1. The molecule has 2 aromatic carbocycles. The van der Waals surface area contributed by atoms with Crippen LogP contribution in [0.3, 0.4) is 0 Å². The fraction of sp³-hybridized carbons (Fsp3) is 0.222. The number of carbonyl (C=O) groups is 1. The third-order valence-corrected chi connectivity index (χ3v) is 4.45. The first kappa shape index (κ1) is 16.7. The maximum Gasteiger partial charge on any atom is 0.242 e. The molecule has 1 amide bonds. The summed E-state index contributed by atoms with van der Waals surface area (Å²) in [6, 6.07) is 15.5. The van der Waals surface area contributed by atoms with Crippen LogP contribution in [0, 0.1) is 12.8 Å². The Morgan fingerprint density at radius 2 is 1.92 bits per heavy atom. The molecule has 4 nitrogen and oxygen atoms in total. The quantitative estimate of drug-likeness (QED) is 0.577. The van der Waals surface area contributed by atoms with E-state index in [2.05, 4.69) is 47.4 Å². The molecule has 1 fully saturated rings. The molecular formula is C18H18ClN3OS. The molecule has 1 saturated carbocycles. The number of thiocarbonyl (C=S) groups is 1. The number of nitrogens with one attached hydrogen (secondary N) is 3. The van der Waals surface area contributed by atoms with E-state index in [0.717, 1.165) is 12.1 Å². The van der Waals surface area contributed by atoms with Gasteiger partial charge in [-0.1, -0.05) is 47.5 Å². The SMILES string of the molecule is Cc1ccc([C@@H]2C[C@@H]2C(=O)NNC(=S)Nc2cccc(Cl)c2)cc1. The van der Waals surface area contributed by atoms with E-state index in [-0.39, 0.29) is 11.8 Å². The largest absolute Gasteiger partial charge is 0.331 e. The van der Waals surface area contributed by atoms with Crippen molar-refractivity contribution in [3.05, 3.63) is 64.7 Å². The smallest absolute Gasteiger partial charge is 0.242 e. The van der Waals surface area contributed by atoms with Crippen LogP contribution in [-0.4, -0.2) is 11.0 Å². The lowest BCUT2D eigenvalue weighted by Gasteiger charge is -2.11. The molecule has 0 heterocycles. The summed E-state index contributed by atoms with van der Waals surface area (Å²) in [6.07, 6.45) is 0.866. The first-order valence-corrected chi connectivity index (χ1v) is 8.50. The minimum atomic E-state index is -0.0455. The molecule has 3 rings (SSSR count). The van der Waals surface area contributed by atoms with Gasteiger partial charge in [0, 0.05) is 16.6 Å². The van der Waals surface area contributed by atoms with Gasteiger partial charge in [-0.05, 0) is 55.2 Å². The third-order valence-electron chi connectivity index (χ3n) is 4.01. The molecular weight excluding hydrogens is 342 g/mol. The van der Waals surface area contributed by atoms with Crippen LogP contribution in [0.5, 0.6) is 0 Å². The van der Waals surface area contributed by atoms with Crippen LogP contribution in [0.15, 0.2) is 48.5 Å². The Kier molecular flexibility index (Phi) is 5.02. The van der Waals surface area contributed by atoms with Gasteiger partial charge in [-0.3, -0.25) is 15.6 Å². The average Bonchev–Trinajstić information content (AvgIpc) is 3.34. The molecule has 0 bridgehead atoms. The molecule has 2 aromatic rings. The minimum absolute atomic E-state index is 0.00539. The van der Waals surface area contributed by atoms with E-state index in [1.807, 2.05) is 12.1 Å². The van der Waals surface area contributed by atoms with Crippen LogP contribution >= 0.6 is 23.8 Å². The van der Waals surface area contributed by atoms with E-state index in [0.29, 0.717) is 16.1 Å². The van der Waals surface area contributed by atoms with Crippen LogP contribution in [0.2, 0.25) is 5.02 Å². The zero-order valence-electron chi connectivity index (χ0n) is 13.2. The Bertz CT molecular complexity index is 763. The molecule has 24 heavy (non-hydrogen) atoms. The van der Waals surface area contributed by atoms with E-state index in [9.17, 15) is 4.79 Å². The Labute approximate surface area is 151 Å². The van der Waals surface area contributed by atoms with Gasteiger partial charge in [-0.2, -0.15) is 0 Å². The van der Waals surface area contributed by atoms with Gasteiger partial charge in [0.2, 0.25) is 5.91 Å². The van der Waals surface area contributed by atoms with Crippen molar-refractivity contribution in [2.24, 2.45) is 5.92 Å². The summed E-state index contributed by atoms with van der Waals surface area (Å²) in [5.74, 6) is 0.242. The lowest BCUT2D eigenvalue weighted by Crippen LogP contribution is -2.44. The topological polar surface area (TPSA) is 53.2 Å². The van der Waals surface area contributed by atoms with Crippen molar-refractivity contribution in [2.45, 2.75) is 19.3 Å². The highest BCUT2D eigenvalue weighted by molar-refractivity contribution is 7.80. The van der Waals surface area contributed by atoms with Crippen molar-refractivity contribution in [3.8, 4) is 0 Å². The van der Waals surface area contributed by atoms with Crippen LogP contribution in [0.4, 0.5) is 5.69 Å². The second-order valence-corrected chi connectivity index (χ2v) is 6.78. The number of aryl methyl sites for hydroxylation is 1. The van der Waals surface area contributed by atoms with E-state index in [4.69, 9.17) is 23.8 Å². The summed E-state index contributed by atoms with van der Waals surface area (Å²) >= 11 is 11.1. The molecule has 0 unspecified atom stereocenters. The van der Waals surface area contributed by atoms with Gasteiger partial charge in [0.05, 0.1) is 0 Å². The van der Waals surface area contributed by atoms with Crippen molar-refractivity contribution < 1.29 is 4.79 Å². The zero-order valence-corrected chi connectivity index (χ0v) is 14.7. The highest BCUT2D eigenvalue weighted by atomic mass is 35.5. The van der Waals surface area contributed by atoms with Gasteiger partial charge >= 0.3 is 0 Å². The first-order chi connectivity index (χ1) is 11.5. The molecule has 1 aliphatic rings. The maximum atomic E-state index is 12.2. The number of hydrazine groups is 1. The van der Waals surface area contributed by atoms with E-state index < -0.39 is 0 Å². The van der Waals surface area contributed by atoms with Crippen LogP contribution < -0.4 is 16.2 Å².